The van der Waals surface area contributed by atoms with Crippen LogP contribution < -0.4 is 0 Å². The number of aliphatic hydroxyl groups is 1. The molecule has 0 spiro atoms. The standard InChI is InChI=1S/C35H54O3S/c1-7-35(36)20-18-28-25(22-35)13-14-30-29(28)17-19-34(6)31(15-16-32(30)34)24(2)21-27(23-33(3,4)5)39(37,38)26-11-9-8-10-12-26/h8-13,24,27-32,36H,7,14-23H2,1-6H3/t24-,27?,28+,29-,30-,31-,32+,34-,35+/m1/s1. The molecule has 218 valence electrons. The van der Waals surface area contributed by atoms with Crippen LogP contribution in [-0.4, -0.2) is 24.4 Å². The van der Waals surface area contributed by atoms with E-state index in [0.717, 1.165) is 49.9 Å². The van der Waals surface area contributed by atoms with E-state index in [1.165, 1.54) is 32.1 Å². The van der Waals surface area contributed by atoms with Crippen LogP contribution in [0.3, 0.4) is 0 Å². The van der Waals surface area contributed by atoms with Gasteiger partial charge in [-0.1, -0.05) is 71.4 Å². The molecule has 39 heavy (non-hydrogen) atoms. The van der Waals surface area contributed by atoms with E-state index in [9.17, 15) is 13.5 Å². The molecule has 0 radical (unpaired) electrons. The first-order valence-electron chi connectivity index (χ1n) is 16.0. The third kappa shape index (κ3) is 5.55. The quantitative estimate of drug-likeness (QED) is 0.343. The van der Waals surface area contributed by atoms with Crippen molar-refractivity contribution in [3.63, 3.8) is 0 Å². The zero-order chi connectivity index (χ0) is 28.2. The number of allylic oxidation sites excluding steroid dienone is 1. The van der Waals surface area contributed by atoms with Crippen molar-refractivity contribution in [1.82, 2.24) is 0 Å². The lowest BCUT2D eigenvalue weighted by atomic mass is 9.50. The van der Waals surface area contributed by atoms with Crippen LogP contribution in [0.15, 0.2) is 46.9 Å². The summed E-state index contributed by atoms with van der Waals surface area (Å²) in [6.07, 6.45) is 14.2. The summed E-state index contributed by atoms with van der Waals surface area (Å²) in [5, 5.41) is 10.7. The minimum atomic E-state index is -3.38. The van der Waals surface area contributed by atoms with Crippen molar-refractivity contribution in [3.05, 3.63) is 42.0 Å². The molecule has 3 fully saturated rings. The molecule has 3 saturated carbocycles. The number of hydrogen-bond donors (Lipinski definition) is 1. The molecule has 4 heteroatoms. The lowest BCUT2D eigenvalue weighted by molar-refractivity contribution is -0.0460. The topological polar surface area (TPSA) is 54.4 Å². The molecule has 0 amide bonds. The van der Waals surface area contributed by atoms with Crippen molar-refractivity contribution >= 4 is 9.84 Å². The van der Waals surface area contributed by atoms with Crippen molar-refractivity contribution in [2.75, 3.05) is 0 Å². The molecule has 5 rings (SSSR count). The Balaban J connectivity index is 1.34. The first-order chi connectivity index (χ1) is 18.3. The molecule has 0 bridgehead atoms. The molecule has 0 heterocycles. The fourth-order valence-corrected chi connectivity index (χ4v) is 12.2. The van der Waals surface area contributed by atoms with E-state index in [1.54, 1.807) is 17.7 Å². The molecule has 4 aliphatic carbocycles. The normalized spacial score (nSPS) is 38.2. The zero-order valence-corrected chi connectivity index (χ0v) is 26.3. The van der Waals surface area contributed by atoms with Gasteiger partial charge in [0.2, 0.25) is 0 Å². The zero-order valence-electron chi connectivity index (χ0n) is 25.5. The van der Waals surface area contributed by atoms with Gasteiger partial charge in [-0.05, 0) is 129 Å². The van der Waals surface area contributed by atoms with E-state index in [1.807, 2.05) is 18.2 Å². The maximum Gasteiger partial charge on any atom is 0.181 e. The predicted octanol–water partition coefficient (Wildman–Crippen LogP) is 8.62. The molecule has 3 nitrogen and oxygen atoms in total. The summed E-state index contributed by atoms with van der Waals surface area (Å²) in [6.45, 7) is 13.6. The first-order valence-corrected chi connectivity index (χ1v) is 17.5. The molecular weight excluding hydrogens is 500 g/mol. The number of sulfone groups is 1. The van der Waals surface area contributed by atoms with Gasteiger partial charge in [-0.15, -0.1) is 0 Å². The third-order valence-electron chi connectivity index (χ3n) is 12.0. The maximum absolute atomic E-state index is 13.9. The summed E-state index contributed by atoms with van der Waals surface area (Å²) in [7, 11) is -3.38. The molecule has 1 N–H and O–H groups in total. The highest BCUT2D eigenvalue weighted by atomic mass is 32.2. The molecule has 4 aliphatic rings. The van der Waals surface area contributed by atoms with Crippen molar-refractivity contribution in [3.8, 4) is 0 Å². The predicted molar refractivity (Wildman–Crippen MR) is 161 cm³/mol. The third-order valence-corrected chi connectivity index (χ3v) is 14.2. The summed E-state index contributed by atoms with van der Waals surface area (Å²) in [5.41, 5.74) is 1.36. The second-order valence-electron chi connectivity index (χ2n) is 15.5. The van der Waals surface area contributed by atoms with Gasteiger partial charge in [-0.25, -0.2) is 8.42 Å². The minimum absolute atomic E-state index is 0.0392. The smallest absolute Gasteiger partial charge is 0.181 e. The van der Waals surface area contributed by atoms with Crippen LogP contribution >= 0.6 is 0 Å². The minimum Gasteiger partial charge on any atom is -0.390 e. The van der Waals surface area contributed by atoms with E-state index in [4.69, 9.17) is 0 Å². The van der Waals surface area contributed by atoms with E-state index in [0.29, 0.717) is 34.5 Å². The highest BCUT2D eigenvalue weighted by Crippen LogP contribution is 2.65. The molecule has 0 saturated heterocycles. The number of rotatable bonds is 7. The van der Waals surface area contributed by atoms with E-state index in [-0.39, 0.29) is 10.7 Å². The Bertz CT molecular complexity index is 1150. The average Bonchev–Trinajstić information content (AvgIpc) is 3.25. The Kier molecular flexibility index (Phi) is 7.99. The number of benzene rings is 1. The van der Waals surface area contributed by atoms with Crippen molar-refractivity contribution in [1.29, 1.82) is 0 Å². The Morgan fingerprint density at radius 3 is 2.41 bits per heavy atom. The highest BCUT2D eigenvalue weighted by Gasteiger charge is 2.57. The highest BCUT2D eigenvalue weighted by molar-refractivity contribution is 7.92. The Morgan fingerprint density at radius 1 is 1.03 bits per heavy atom. The Labute approximate surface area is 239 Å². The van der Waals surface area contributed by atoms with E-state index in [2.05, 4.69) is 47.6 Å². The van der Waals surface area contributed by atoms with Gasteiger partial charge in [0.1, 0.15) is 0 Å². The van der Waals surface area contributed by atoms with Gasteiger partial charge in [0, 0.05) is 0 Å². The van der Waals surface area contributed by atoms with Crippen molar-refractivity contribution in [2.45, 2.75) is 128 Å². The van der Waals surface area contributed by atoms with E-state index >= 15 is 0 Å². The van der Waals surface area contributed by atoms with Gasteiger partial charge in [0.05, 0.1) is 15.7 Å². The van der Waals surface area contributed by atoms with Gasteiger partial charge < -0.3 is 5.11 Å². The monoisotopic (exact) mass is 554 g/mol. The molecule has 0 aromatic heterocycles. The second kappa shape index (κ2) is 10.6. The van der Waals surface area contributed by atoms with Crippen molar-refractivity contribution < 1.29 is 13.5 Å². The lowest BCUT2D eigenvalue weighted by Crippen LogP contribution is -2.48. The first kappa shape index (κ1) is 29.4. The summed E-state index contributed by atoms with van der Waals surface area (Å²) in [6, 6.07) is 9.16. The fraction of sp³-hybridized carbons (Fsp3) is 0.771. The molecule has 9 atom stereocenters. The fourth-order valence-electron chi connectivity index (χ4n) is 10.0. The van der Waals surface area contributed by atoms with Crippen LogP contribution in [0, 0.1) is 46.3 Å². The van der Waals surface area contributed by atoms with Crippen LogP contribution in [0.25, 0.3) is 0 Å². The van der Waals surface area contributed by atoms with Gasteiger partial charge >= 0.3 is 0 Å². The molecular formula is C35H54O3S. The van der Waals surface area contributed by atoms with Crippen molar-refractivity contribution in [2.24, 2.45) is 46.3 Å². The van der Waals surface area contributed by atoms with Gasteiger partial charge in [0.15, 0.2) is 9.84 Å². The second-order valence-corrected chi connectivity index (χ2v) is 17.8. The summed E-state index contributed by atoms with van der Waals surface area (Å²) >= 11 is 0. The maximum atomic E-state index is 13.9. The van der Waals surface area contributed by atoms with Gasteiger partial charge in [0.25, 0.3) is 0 Å². The SMILES string of the molecule is CC[C@]1(O)CC[C@H]2C(=CC[C@@H]3[C@@H]2CC[C@]2(C)[C@@H]([C@H](C)CC(CC(C)(C)C)S(=O)(=O)c4ccccc4)CC[C@@H]32)C1. The van der Waals surface area contributed by atoms with Gasteiger partial charge in [-0.3, -0.25) is 0 Å². The van der Waals surface area contributed by atoms with Crippen LogP contribution in [0.1, 0.15) is 112 Å². The van der Waals surface area contributed by atoms with Crippen LogP contribution in [0.5, 0.6) is 0 Å². The number of hydrogen-bond acceptors (Lipinski definition) is 3. The summed E-state index contributed by atoms with van der Waals surface area (Å²) in [5.74, 6) is 3.97. The molecule has 1 aromatic carbocycles. The Hall–Kier alpha value is -1.13. The van der Waals surface area contributed by atoms with Crippen LogP contribution in [-0.2, 0) is 9.84 Å². The van der Waals surface area contributed by atoms with E-state index < -0.39 is 15.4 Å². The van der Waals surface area contributed by atoms with Crippen LogP contribution in [0.2, 0.25) is 0 Å². The van der Waals surface area contributed by atoms with Crippen LogP contribution in [0.4, 0.5) is 0 Å². The average molecular weight is 555 g/mol. The summed E-state index contributed by atoms with van der Waals surface area (Å²) < 4.78 is 27.8. The Morgan fingerprint density at radius 2 is 1.74 bits per heavy atom. The van der Waals surface area contributed by atoms with Gasteiger partial charge in [-0.2, -0.15) is 0 Å². The molecule has 1 aromatic rings. The summed E-state index contributed by atoms with van der Waals surface area (Å²) in [4.78, 5) is 0.481. The lowest BCUT2D eigenvalue weighted by Gasteiger charge is -2.55. The number of fused-ring (bicyclic) bond motifs is 5. The molecule has 0 aliphatic heterocycles. The molecule has 1 unspecified atom stereocenters. The largest absolute Gasteiger partial charge is 0.390 e.